The van der Waals surface area contributed by atoms with Crippen molar-refractivity contribution in [3.8, 4) is 0 Å². The molecule has 0 saturated heterocycles. The van der Waals surface area contributed by atoms with Gasteiger partial charge in [-0.15, -0.1) is 11.3 Å². The van der Waals surface area contributed by atoms with Crippen LogP contribution in [0.5, 0.6) is 0 Å². The number of nitrogens with one attached hydrogen (secondary N) is 1. The highest BCUT2D eigenvalue weighted by molar-refractivity contribution is 9.10. The van der Waals surface area contributed by atoms with Crippen LogP contribution in [0.4, 0.5) is 0 Å². The molecule has 1 fully saturated rings. The lowest BCUT2D eigenvalue weighted by Crippen LogP contribution is -2.20. The first-order valence-corrected chi connectivity index (χ1v) is 6.96. The number of hydrogen-bond acceptors (Lipinski definition) is 2. The van der Waals surface area contributed by atoms with Crippen molar-refractivity contribution < 1.29 is 0 Å². The zero-order valence-electron chi connectivity index (χ0n) is 8.26. The number of halogens is 1. The van der Waals surface area contributed by atoms with Gasteiger partial charge in [0.15, 0.2) is 0 Å². The summed E-state index contributed by atoms with van der Waals surface area (Å²) < 4.78 is 1.25. The first-order valence-electron chi connectivity index (χ1n) is 5.29. The molecule has 0 radical (unpaired) electrons. The highest BCUT2D eigenvalue weighted by Crippen LogP contribution is 2.25. The fraction of sp³-hybridized carbons (Fsp3) is 0.636. The fourth-order valence-electron chi connectivity index (χ4n) is 2.06. The van der Waals surface area contributed by atoms with Crippen molar-refractivity contribution in [2.24, 2.45) is 5.92 Å². The highest BCUT2D eigenvalue weighted by atomic mass is 79.9. The molecule has 2 rings (SSSR count). The van der Waals surface area contributed by atoms with Crippen LogP contribution in [0.15, 0.2) is 15.9 Å². The Kier molecular flexibility index (Phi) is 4.02. The van der Waals surface area contributed by atoms with Gasteiger partial charge in [0.05, 0.1) is 0 Å². The van der Waals surface area contributed by atoms with Crippen LogP contribution in [0, 0.1) is 5.92 Å². The van der Waals surface area contributed by atoms with Crippen LogP contribution in [0.1, 0.15) is 30.6 Å². The van der Waals surface area contributed by atoms with E-state index in [1.807, 2.05) is 11.3 Å². The van der Waals surface area contributed by atoms with Crippen molar-refractivity contribution in [1.29, 1.82) is 0 Å². The van der Waals surface area contributed by atoms with E-state index in [0.717, 1.165) is 12.5 Å². The maximum absolute atomic E-state index is 3.55. The zero-order valence-corrected chi connectivity index (χ0v) is 10.7. The Morgan fingerprint density at radius 3 is 2.86 bits per heavy atom. The normalized spacial score (nSPS) is 17.8. The number of hydrogen-bond donors (Lipinski definition) is 1. The SMILES string of the molecule is Brc1ccsc1CNCC1CCCC1. The molecule has 0 aromatic carbocycles. The topological polar surface area (TPSA) is 12.0 Å². The maximum atomic E-state index is 3.55. The lowest BCUT2D eigenvalue weighted by atomic mass is 10.1. The van der Waals surface area contributed by atoms with E-state index < -0.39 is 0 Å². The molecule has 1 aromatic rings. The fourth-order valence-corrected chi connectivity index (χ4v) is 3.52. The van der Waals surface area contributed by atoms with E-state index in [1.54, 1.807) is 0 Å². The Morgan fingerprint density at radius 2 is 2.21 bits per heavy atom. The molecule has 0 spiro atoms. The predicted octanol–water partition coefficient (Wildman–Crippen LogP) is 3.79. The molecule has 3 heteroatoms. The van der Waals surface area contributed by atoms with E-state index in [4.69, 9.17) is 0 Å². The average molecular weight is 274 g/mol. The average Bonchev–Trinajstić information content (AvgIpc) is 2.78. The summed E-state index contributed by atoms with van der Waals surface area (Å²) in [7, 11) is 0. The second-order valence-corrected chi connectivity index (χ2v) is 5.83. The summed E-state index contributed by atoms with van der Waals surface area (Å²) in [5.74, 6) is 0.939. The quantitative estimate of drug-likeness (QED) is 0.880. The van der Waals surface area contributed by atoms with Gasteiger partial charge in [0, 0.05) is 15.9 Å². The molecule has 1 aliphatic rings. The van der Waals surface area contributed by atoms with Gasteiger partial charge in [-0.1, -0.05) is 12.8 Å². The van der Waals surface area contributed by atoms with Crippen LogP contribution >= 0.6 is 27.3 Å². The third-order valence-corrected chi connectivity index (χ3v) is 4.81. The van der Waals surface area contributed by atoms with Crippen molar-refractivity contribution in [2.75, 3.05) is 6.54 Å². The Morgan fingerprint density at radius 1 is 1.43 bits per heavy atom. The van der Waals surface area contributed by atoms with Crippen molar-refractivity contribution >= 4 is 27.3 Å². The van der Waals surface area contributed by atoms with Crippen LogP contribution in [0.3, 0.4) is 0 Å². The first kappa shape index (κ1) is 10.7. The monoisotopic (exact) mass is 273 g/mol. The molecule has 1 N–H and O–H groups in total. The van der Waals surface area contributed by atoms with Crippen LogP contribution in [0.2, 0.25) is 0 Å². The molecule has 78 valence electrons. The molecule has 0 amide bonds. The predicted molar refractivity (Wildman–Crippen MR) is 65.7 cm³/mol. The molecule has 0 unspecified atom stereocenters. The minimum Gasteiger partial charge on any atom is -0.312 e. The first-order chi connectivity index (χ1) is 6.86. The third-order valence-electron chi connectivity index (χ3n) is 2.88. The van der Waals surface area contributed by atoms with Crippen molar-refractivity contribution in [2.45, 2.75) is 32.2 Å². The van der Waals surface area contributed by atoms with Gasteiger partial charge in [-0.25, -0.2) is 0 Å². The Hall–Kier alpha value is 0.140. The third kappa shape index (κ3) is 2.81. The van der Waals surface area contributed by atoms with Gasteiger partial charge in [-0.3, -0.25) is 0 Å². The zero-order chi connectivity index (χ0) is 9.80. The van der Waals surface area contributed by atoms with E-state index in [2.05, 4.69) is 32.7 Å². The van der Waals surface area contributed by atoms with E-state index in [1.165, 1.54) is 41.6 Å². The van der Waals surface area contributed by atoms with Gasteiger partial charge in [-0.05, 0) is 52.7 Å². The van der Waals surface area contributed by atoms with E-state index in [-0.39, 0.29) is 0 Å². The molecular weight excluding hydrogens is 258 g/mol. The number of thiophene rings is 1. The van der Waals surface area contributed by atoms with Crippen molar-refractivity contribution in [3.05, 3.63) is 20.8 Å². The van der Waals surface area contributed by atoms with Crippen LogP contribution in [0.25, 0.3) is 0 Å². The maximum Gasteiger partial charge on any atom is 0.0327 e. The van der Waals surface area contributed by atoms with Gasteiger partial charge in [0.25, 0.3) is 0 Å². The molecular formula is C11H16BrNS. The van der Waals surface area contributed by atoms with Crippen molar-refractivity contribution in [3.63, 3.8) is 0 Å². The van der Waals surface area contributed by atoms with E-state index in [0.29, 0.717) is 0 Å². The molecule has 0 aliphatic heterocycles. The standard InChI is InChI=1S/C11H16BrNS/c12-10-5-6-14-11(10)8-13-7-9-3-1-2-4-9/h5-6,9,13H,1-4,7-8H2. The van der Waals surface area contributed by atoms with Gasteiger partial charge < -0.3 is 5.32 Å². The molecule has 1 aromatic heterocycles. The molecule has 14 heavy (non-hydrogen) atoms. The lowest BCUT2D eigenvalue weighted by Gasteiger charge is -2.09. The second kappa shape index (κ2) is 5.29. The molecule has 1 heterocycles. The van der Waals surface area contributed by atoms with Crippen LogP contribution < -0.4 is 5.32 Å². The minimum absolute atomic E-state index is 0.939. The summed E-state index contributed by atoms with van der Waals surface area (Å²) in [5.41, 5.74) is 0. The van der Waals surface area contributed by atoms with Crippen molar-refractivity contribution in [1.82, 2.24) is 5.32 Å². The molecule has 1 saturated carbocycles. The molecule has 1 aliphatic carbocycles. The Balaban J connectivity index is 1.70. The summed E-state index contributed by atoms with van der Waals surface area (Å²) in [6.45, 7) is 2.22. The summed E-state index contributed by atoms with van der Waals surface area (Å²) in [6, 6.07) is 2.12. The Labute approximate surface area is 98.0 Å². The van der Waals surface area contributed by atoms with E-state index >= 15 is 0 Å². The molecule has 0 atom stereocenters. The number of rotatable bonds is 4. The second-order valence-electron chi connectivity index (χ2n) is 3.97. The summed E-state index contributed by atoms with van der Waals surface area (Å²) in [5, 5.41) is 5.69. The van der Waals surface area contributed by atoms with Gasteiger partial charge >= 0.3 is 0 Å². The summed E-state index contributed by atoms with van der Waals surface area (Å²) in [6.07, 6.45) is 5.74. The van der Waals surface area contributed by atoms with Crippen LogP contribution in [-0.4, -0.2) is 6.54 Å². The van der Waals surface area contributed by atoms with Crippen LogP contribution in [-0.2, 0) is 6.54 Å². The van der Waals surface area contributed by atoms with E-state index in [9.17, 15) is 0 Å². The van der Waals surface area contributed by atoms with Gasteiger partial charge in [0.2, 0.25) is 0 Å². The molecule has 1 nitrogen and oxygen atoms in total. The minimum atomic E-state index is 0.939. The van der Waals surface area contributed by atoms with Gasteiger partial charge in [0.1, 0.15) is 0 Å². The lowest BCUT2D eigenvalue weighted by molar-refractivity contribution is 0.490. The smallest absolute Gasteiger partial charge is 0.0327 e. The highest BCUT2D eigenvalue weighted by Gasteiger charge is 2.14. The Bertz CT molecular complexity index is 279. The van der Waals surface area contributed by atoms with Gasteiger partial charge in [-0.2, -0.15) is 0 Å². The summed E-state index contributed by atoms with van der Waals surface area (Å²) in [4.78, 5) is 1.42. The molecule has 0 bridgehead atoms. The summed E-state index contributed by atoms with van der Waals surface area (Å²) >= 11 is 5.37. The largest absolute Gasteiger partial charge is 0.312 e.